The van der Waals surface area contributed by atoms with Crippen LogP contribution in [0.5, 0.6) is 0 Å². The molecule has 0 saturated heterocycles. The Kier molecular flexibility index (Phi) is 5.52. The summed E-state index contributed by atoms with van der Waals surface area (Å²) in [6.45, 7) is 0.336. The minimum Gasteiger partial charge on any atom is -0.356 e. The molecular weight excluding hydrogens is 419 g/mol. The number of benzene rings is 3. The highest BCUT2D eigenvalue weighted by Gasteiger charge is 2.34. The summed E-state index contributed by atoms with van der Waals surface area (Å²) >= 11 is 0. The van der Waals surface area contributed by atoms with E-state index in [4.69, 9.17) is 0 Å². The Balaban J connectivity index is 1.38. The van der Waals surface area contributed by atoms with E-state index in [2.05, 4.69) is 21.7 Å². The van der Waals surface area contributed by atoms with E-state index < -0.39 is 11.8 Å². The van der Waals surface area contributed by atoms with E-state index in [0.717, 1.165) is 23.2 Å². The van der Waals surface area contributed by atoms with E-state index in [1.54, 1.807) is 17.0 Å². The summed E-state index contributed by atoms with van der Waals surface area (Å²) in [5.41, 5.74) is 4.31. The van der Waals surface area contributed by atoms with E-state index in [1.807, 2.05) is 48.5 Å². The molecule has 7 heteroatoms. The molecule has 1 unspecified atom stereocenters. The number of para-hydroxylation sites is 2. The van der Waals surface area contributed by atoms with E-state index in [0.29, 0.717) is 6.54 Å². The first-order valence-electron chi connectivity index (χ1n) is 10.8. The number of hydrogen-bond acceptors (Lipinski definition) is 2. The molecule has 3 amide bonds. The smallest absolute Gasteiger partial charge is 0.319 e. The Morgan fingerprint density at radius 1 is 0.970 bits per heavy atom. The molecule has 166 valence electrons. The second-order valence-electron chi connectivity index (χ2n) is 8.00. The maximum absolute atomic E-state index is 13.8. The number of carbonyl (C=O) groups is 2. The van der Waals surface area contributed by atoms with Crippen molar-refractivity contribution >= 4 is 28.5 Å². The van der Waals surface area contributed by atoms with Crippen molar-refractivity contribution in [1.82, 2.24) is 15.2 Å². The standard InChI is InChI=1S/C26H23FN4O2/c27-20-11-5-7-13-22(20)30-26(33)28-16-23(32)31-15-14-19-18-10-4-6-12-21(18)29-24(19)25(31)17-8-2-1-3-9-17/h1-13,25,29H,14-16H2,(H2,28,30,33). The topological polar surface area (TPSA) is 77.2 Å². The molecule has 0 fully saturated rings. The normalized spacial score (nSPS) is 15.2. The van der Waals surface area contributed by atoms with Gasteiger partial charge in [0.05, 0.1) is 18.3 Å². The van der Waals surface area contributed by atoms with Gasteiger partial charge in [0.1, 0.15) is 5.82 Å². The van der Waals surface area contributed by atoms with Crippen molar-refractivity contribution in [2.45, 2.75) is 12.5 Å². The molecule has 2 heterocycles. The number of nitrogens with one attached hydrogen (secondary N) is 3. The molecule has 4 aromatic rings. The van der Waals surface area contributed by atoms with Gasteiger partial charge in [-0.3, -0.25) is 4.79 Å². The lowest BCUT2D eigenvalue weighted by atomic mass is 9.92. The minimum absolute atomic E-state index is 0.0605. The SMILES string of the molecule is O=C(NCC(=O)N1CCc2c([nH]c3ccccc23)C1c1ccccc1)Nc1ccccc1F. The monoisotopic (exact) mass is 442 g/mol. The summed E-state index contributed by atoms with van der Waals surface area (Å²) in [6.07, 6.45) is 0.718. The number of aromatic nitrogens is 1. The Hall–Kier alpha value is -4.13. The second kappa shape index (κ2) is 8.78. The molecule has 3 aromatic carbocycles. The fourth-order valence-electron chi connectivity index (χ4n) is 4.48. The highest BCUT2D eigenvalue weighted by Crippen LogP contribution is 2.38. The minimum atomic E-state index is -0.631. The zero-order valence-electron chi connectivity index (χ0n) is 17.8. The first-order chi connectivity index (χ1) is 16.1. The van der Waals surface area contributed by atoms with Gasteiger partial charge in [0, 0.05) is 23.1 Å². The lowest BCUT2D eigenvalue weighted by molar-refractivity contribution is -0.132. The van der Waals surface area contributed by atoms with E-state index >= 15 is 0 Å². The molecule has 1 atom stereocenters. The van der Waals surface area contributed by atoms with Crippen molar-refractivity contribution in [3.63, 3.8) is 0 Å². The molecule has 0 bridgehead atoms. The summed E-state index contributed by atoms with van der Waals surface area (Å²) in [4.78, 5) is 30.8. The summed E-state index contributed by atoms with van der Waals surface area (Å²) in [5.74, 6) is -0.748. The van der Waals surface area contributed by atoms with E-state index in [1.165, 1.54) is 23.1 Å². The first kappa shape index (κ1) is 20.8. The van der Waals surface area contributed by atoms with Crippen molar-refractivity contribution in [2.24, 2.45) is 0 Å². The molecule has 33 heavy (non-hydrogen) atoms. The van der Waals surface area contributed by atoms with Crippen LogP contribution in [0.1, 0.15) is 22.9 Å². The Morgan fingerprint density at radius 3 is 2.52 bits per heavy atom. The molecule has 1 aromatic heterocycles. The number of nitrogens with zero attached hydrogens (tertiary/aromatic N) is 1. The van der Waals surface area contributed by atoms with Gasteiger partial charge in [-0.1, -0.05) is 60.7 Å². The number of hydrogen-bond donors (Lipinski definition) is 3. The van der Waals surface area contributed by atoms with Crippen LogP contribution in [0.2, 0.25) is 0 Å². The van der Waals surface area contributed by atoms with Gasteiger partial charge in [-0.05, 0) is 35.7 Å². The molecule has 1 aliphatic rings. The first-order valence-corrected chi connectivity index (χ1v) is 10.8. The predicted molar refractivity (Wildman–Crippen MR) is 125 cm³/mol. The van der Waals surface area contributed by atoms with Gasteiger partial charge in [0.25, 0.3) is 0 Å². The van der Waals surface area contributed by atoms with Gasteiger partial charge in [-0.2, -0.15) is 0 Å². The number of rotatable bonds is 4. The van der Waals surface area contributed by atoms with Gasteiger partial charge in [0.2, 0.25) is 5.91 Å². The van der Waals surface area contributed by atoms with Gasteiger partial charge in [-0.25, -0.2) is 9.18 Å². The van der Waals surface area contributed by atoms with Crippen molar-refractivity contribution in [3.8, 4) is 0 Å². The Labute approximate surface area is 190 Å². The number of urea groups is 1. The summed E-state index contributed by atoms with van der Waals surface area (Å²) in [5, 5.41) is 6.17. The number of aromatic amines is 1. The highest BCUT2D eigenvalue weighted by atomic mass is 19.1. The van der Waals surface area contributed by atoms with Crippen LogP contribution in [0.15, 0.2) is 78.9 Å². The number of halogens is 1. The van der Waals surface area contributed by atoms with Crippen LogP contribution in [0.3, 0.4) is 0 Å². The molecule has 1 aliphatic heterocycles. The Bertz CT molecular complexity index is 1320. The third-order valence-corrected chi connectivity index (χ3v) is 5.99. The molecule has 5 rings (SSSR count). The van der Waals surface area contributed by atoms with Gasteiger partial charge in [0.15, 0.2) is 0 Å². The maximum atomic E-state index is 13.8. The van der Waals surface area contributed by atoms with Crippen molar-refractivity contribution in [3.05, 3.63) is 102 Å². The van der Waals surface area contributed by atoms with Crippen LogP contribution in [0.4, 0.5) is 14.9 Å². The molecule has 0 aliphatic carbocycles. The van der Waals surface area contributed by atoms with Gasteiger partial charge in [-0.15, -0.1) is 0 Å². The number of anilines is 1. The number of amides is 3. The number of H-pyrrole nitrogens is 1. The van der Waals surface area contributed by atoms with E-state index in [-0.39, 0.29) is 24.2 Å². The van der Waals surface area contributed by atoms with Crippen LogP contribution in [0, 0.1) is 5.82 Å². The predicted octanol–water partition coefficient (Wildman–Crippen LogP) is 4.60. The lowest BCUT2D eigenvalue weighted by Gasteiger charge is -2.36. The Morgan fingerprint density at radius 2 is 1.70 bits per heavy atom. The zero-order chi connectivity index (χ0) is 22.8. The maximum Gasteiger partial charge on any atom is 0.319 e. The largest absolute Gasteiger partial charge is 0.356 e. The van der Waals surface area contributed by atoms with Crippen LogP contribution < -0.4 is 10.6 Å². The van der Waals surface area contributed by atoms with Crippen LogP contribution >= 0.6 is 0 Å². The summed E-state index contributed by atoms with van der Waals surface area (Å²) < 4.78 is 13.8. The summed E-state index contributed by atoms with van der Waals surface area (Å²) in [7, 11) is 0. The molecule has 0 radical (unpaired) electrons. The molecule has 3 N–H and O–H groups in total. The molecule has 6 nitrogen and oxygen atoms in total. The number of carbonyl (C=O) groups excluding carboxylic acids is 2. The zero-order valence-corrected chi connectivity index (χ0v) is 17.8. The fourth-order valence-corrected chi connectivity index (χ4v) is 4.48. The van der Waals surface area contributed by atoms with Crippen molar-refractivity contribution in [2.75, 3.05) is 18.4 Å². The second-order valence-corrected chi connectivity index (χ2v) is 8.00. The highest BCUT2D eigenvalue weighted by molar-refractivity contribution is 5.93. The third-order valence-electron chi connectivity index (χ3n) is 5.99. The van der Waals surface area contributed by atoms with Crippen molar-refractivity contribution < 1.29 is 14.0 Å². The quantitative estimate of drug-likeness (QED) is 0.432. The van der Waals surface area contributed by atoms with Gasteiger partial charge < -0.3 is 20.5 Å². The van der Waals surface area contributed by atoms with E-state index in [9.17, 15) is 14.0 Å². The number of fused-ring (bicyclic) bond motifs is 3. The molecule has 0 spiro atoms. The van der Waals surface area contributed by atoms with Crippen LogP contribution in [-0.4, -0.2) is 34.9 Å². The summed E-state index contributed by atoms with van der Waals surface area (Å²) in [6, 6.07) is 23.0. The average molecular weight is 442 g/mol. The van der Waals surface area contributed by atoms with Gasteiger partial charge >= 0.3 is 6.03 Å². The molecule has 0 saturated carbocycles. The molecular formula is C26H23FN4O2. The van der Waals surface area contributed by atoms with Crippen LogP contribution in [-0.2, 0) is 11.2 Å². The third kappa shape index (κ3) is 4.05. The van der Waals surface area contributed by atoms with Crippen molar-refractivity contribution in [1.29, 1.82) is 0 Å². The fraction of sp³-hybridized carbons (Fsp3) is 0.154. The lowest BCUT2D eigenvalue weighted by Crippen LogP contribution is -2.46. The van der Waals surface area contributed by atoms with Crippen LogP contribution in [0.25, 0.3) is 10.9 Å². The average Bonchev–Trinajstić information content (AvgIpc) is 3.22.